The minimum absolute atomic E-state index is 0.427. The van der Waals surface area contributed by atoms with Crippen LogP contribution in [0, 0.1) is 10.1 Å². The van der Waals surface area contributed by atoms with Gasteiger partial charge in [-0.1, -0.05) is 0 Å². The molecule has 0 amide bonds. The molecule has 1 N–H and O–H groups in total. The second-order valence-corrected chi connectivity index (χ2v) is 3.05. The van der Waals surface area contributed by atoms with Gasteiger partial charge in [-0.15, -0.1) is 0 Å². The average molecular weight is 175 g/mol. The second-order valence-electron chi connectivity index (χ2n) is 3.05. The second kappa shape index (κ2) is 3.82. The first kappa shape index (κ1) is 9.41. The molecular weight excluding hydrogens is 162 g/mol. The molecule has 3 atom stereocenters. The molecule has 1 fully saturated rings. The molecule has 1 rings (SSSR count). The third-order valence-electron chi connectivity index (χ3n) is 2.31. The molecule has 0 radical (unpaired) electrons. The number of rotatable bonds is 2. The van der Waals surface area contributed by atoms with Crippen LogP contribution in [0.25, 0.3) is 0 Å². The molecule has 0 aromatic rings. The van der Waals surface area contributed by atoms with Crippen molar-refractivity contribution in [3.63, 3.8) is 0 Å². The first-order chi connectivity index (χ1) is 5.66. The summed E-state index contributed by atoms with van der Waals surface area (Å²) in [6.07, 6.45) is 0.691. The third-order valence-corrected chi connectivity index (χ3v) is 2.31. The van der Waals surface area contributed by atoms with E-state index >= 15 is 0 Å². The number of nitro groups is 1. The van der Waals surface area contributed by atoms with E-state index in [0.29, 0.717) is 12.8 Å². The van der Waals surface area contributed by atoms with Crippen LogP contribution in [-0.4, -0.2) is 35.4 Å². The summed E-state index contributed by atoms with van der Waals surface area (Å²) in [4.78, 5) is 10.1. The summed E-state index contributed by atoms with van der Waals surface area (Å²) in [6.45, 7) is 0. The SMILES string of the molecule is COC1CCCC(O)C1[N+](=O)[O-]. The van der Waals surface area contributed by atoms with E-state index in [-0.39, 0.29) is 0 Å². The van der Waals surface area contributed by atoms with E-state index in [1.54, 1.807) is 0 Å². The quantitative estimate of drug-likeness (QED) is 0.480. The average Bonchev–Trinajstić information content (AvgIpc) is 2.03. The molecule has 5 heteroatoms. The highest BCUT2D eigenvalue weighted by Crippen LogP contribution is 2.23. The zero-order chi connectivity index (χ0) is 9.14. The Kier molecular flexibility index (Phi) is 2.99. The molecule has 0 saturated heterocycles. The van der Waals surface area contributed by atoms with E-state index in [1.165, 1.54) is 7.11 Å². The van der Waals surface area contributed by atoms with Gasteiger partial charge < -0.3 is 9.84 Å². The zero-order valence-corrected chi connectivity index (χ0v) is 6.97. The number of aliphatic hydroxyl groups excluding tert-OH is 1. The van der Waals surface area contributed by atoms with Gasteiger partial charge in [0.05, 0.1) is 0 Å². The molecule has 1 aliphatic carbocycles. The molecule has 12 heavy (non-hydrogen) atoms. The van der Waals surface area contributed by atoms with Gasteiger partial charge in [0.2, 0.25) is 0 Å². The van der Waals surface area contributed by atoms with Crippen molar-refractivity contribution < 1.29 is 14.8 Å². The van der Waals surface area contributed by atoms with Crippen molar-refractivity contribution in [2.45, 2.75) is 37.5 Å². The summed E-state index contributed by atoms with van der Waals surface area (Å²) in [5.41, 5.74) is 0. The lowest BCUT2D eigenvalue weighted by molar-refractivity contribution is -0.549. The van der Waals surface area contributed by atoms with Crippen molar-refractivity contribution in [1.82, 2.24) is 0 Å². The van der Waals surface area contributed by atoms with Crippen molar-refractivity contribution >= 4 is 0 Å². The number of aliphatic hydroxyl groups is 1. The van der Waals surface area contributed by atoms with E-state index in [0.717, 1.165) is 6.42 Å². The van der Waals surface area contributed by atoms with Gasteiger partial charge in [0.15, 0.2) is 0 Å². The maximum Gasteiger partial charge on any atom is 0.264 e. The lowest BCUT2D eigenvalue weighted by Gasteiger charge is -2.27. The summed E-state index contributed by atoms with van der Waals surface area (Å²) in [5, 5.41) is 19.8. The Balaban J connectivity index is 2.66. The molecular formula is C7H13NO4. The van der Waals surface area contributed by atoms with Crippen LogP contribution in [0.1, 0.15) is 19.3 Å². The van der Waals surface area contributed by atoms with Gasteiger partial charge in [-0.2, -0.15) is 0 Å². The number of nitrogens with zero attached hydrogens (tertiary/aromatic N) is 1. The molecule has 0 spiro atoms. The molecule has 1 aliphatic rings. The summed E-state index contributed by atoms with van der Waals surface area (Å²) < 4.78 is 4.93. The normalized spacial score (nSPS) is 36.3. The molecule has 0 aromatic heterocycles. The Bertz CT molecular complexity index is 173. The lowest BCUT2D eigenvalue weighted by atomic mass is 9.90. The van der Waals surface area contributed by atoms with E-state index in [2.05, 4.69) is 0 Å². The molecule has 0 bridgehead atoms. The van der Waals surface area contributed by atoms with Crippen molar-refractivity contribution in [2.24, 2.45) is 0 Å². The van der Waals surface area contributed by atoms with E-state index in [4.69, 9.17) is 4.74 Å². The fraction of sp³-hybridized carbons (Fsp3) is 1.00. The summed E-state index contributed by atoms with van der Waals surface area (Å²) in [6, 6.07) is -0.941. The van der Waals surface area contributed by atoms with Gasteiger partial charge in [0.1, 0.15) is 12.2 Å². The van der Waals surface area contributed by atoms with E-state index < -0.39 is 23.2 Å². The van der Waals surface area contributed by atoms with Crippen LogP contribution in [0.2, 0.25) is 0 Å². The lowest BCUT2D eigenvalue weighted by Crippen LogP contribution is -2.47. The van der Waals surface area contributed by atoms with Crippen LogP contribution < -0.4 is 0 Å². The Morgan fingerprint density at radius 1 is 1.58 bits per heavy atom. The highest BCUT2D eigenvalue weighted by Gasteiger charge is 2.41. The molecule has 0 aliphatic heterocycles. The maximum absolute atomic E-state index is 10.5. The van der Waals surface area contributed by atoms with Crippen LogP contribution in [0.5, 0.6) is 0 Å². The fourth-order valence-electron chi connectivity index (χ4n) is 1.65. The topological polar surface area (TPSA) is 72.6 Å². The van der Waals surface area contributed by atoms with Crippen molar-refractivity contribution in [3.05, 3.63) is 10.1 Å². The van der Waals surface area contributed by atoms with Crippen LogP contribution in [0.15, 0.2) is 0 Å². The first-order valence-electron chi connectivity index (χ1n) is 4.01. The van der Waals surface area contributed by atoms with Gasteiger partial charge in [0, 0.05) is 12.0 Å². The summed E-state index contributed by atoms with van der Waals surface area (Å²) >= 11 is 0. The first-order valence-corrected chi connectivity index (χ1v) is 4.01. The number of hydrogen-bond acceptors (Lipinski definition) is 4. The minimum atomic E-state index is -0.941. The van der Waals surface area contributed by atoms with Crippen molar-refractivity contribution in [3.8, 4) is 0 Å². The number of methoxy groups -OCH3 is 1. The van der Waals surface area contributed by atoms with Gasteiger partial charge in [-0.3, -0.25) is 10.1 Å². The molecule has 0 heterocycles. The molecule has 5 nitrogen and oxygen atoms in total. The smallest absolute Gasteiger partial charge is 0.264 e. The molecule has 70 valence electrons. The minimum Gasteiger partial charge on any atom is -0.386 e. The third kappa shape index (κ3) is 1.73. The zero-order valence-electron chi connectivity index (χ0n) is 6.97. The number of hydrogen-bond donors (Lipinski definition) is 1. The predicted molar refractivity (Wildman–Crippen MR) is 41.4 cm³/mol. The molecule has 1 saturated carbocycles. The van der Waals surface area contributed by atoms with E-state index in [1.807, 2.05) is 0 Å². The van der Waals surface area contributed by atoms with Crippen molar-refractivity contribution in [1.29, 1.82) is 0 Å². The van der Waals surface area contributed by atoms with Crippen LogP contribution in [0.4, 0.5) is 0 Å². The van der Waals surface area contributed by atoms with Crippen molar-refractivity contribution in [2.75, 3.05) is 7.11 Å². The Morgan fingerprint density at radius 3 is 2.67 bits per heavy atom. The van der Waals surface area contributed by atoms with Crippen LogP contribution in [-0.2, 0) is 4.74 Å². The summed E-state index contributed by atoms with van der Waals surface area (Å²) in [7, 11) is 1.44. The van der Waals surface area contributed by atoms with Crippen LogP contribution in [0.3, 0.4) is 0 Å². The summed E-state index contributed by atoms with van der Waals surface area (Å²) in [5.74, 6) is 0. The monoisotopic (exact) mass is 175 g/mol. The van der Waals surface area contributed by atoms with E-state index in [9.17, 15) is 15.2 Å². The van der Waals surface area contributed by atoms with Gasteiger partial charge in [-0.05, 0) is 19.3 Å². The number of ether oxygens (including phenoxy) is 1. The molecule has 3 unspecified atom stereocenters. The van der Waals surface area contributed by atoms with Gasteiger partial charge in [0.25, 0.3) is 6.04 Å². The van der Waals surface area contributed by atoms with Gasteiger partial charge >= 0.3 is 0 Å². The predicted octanol–water partition coefficient (Wildman–Crippen LogP) is 0.192. The largest absolute Gasteiger partial charge is 0.386 e. The Hall–Kier alpha value is -0.680. The van der Waals surface area contributed by atoms with Crippen LogP contribution >= 0.6 is 0 Å². The standard InChI is InChI=1S/C7H13NO4/c1-12-6-4-2-3-5(9)7(6)8(10)11/h5-7,9H,2-4H2,1H3. The Morgan fingerprint density at radius 2 is 2.25 bits per heavy atom. The molecule has 0 aromatic carbocycles. The fourth-order valence-corrected chi connectivity index (χ4v) is 1.65. The van der Waals surface area contributed by atoms with Gasteiger partial charge in [-0.25, -0.2) is 0 Å². The highest BCUT2D eigenvalue weighted by atomic mass is 16.6. The highest BCUT2D eigenvalue weighted by molar-refractivity contribution is 4.82. The Labute approximate surface area is 70.5 Å². The maximum atomic E-state index is 10.5.